The van der Waals surface area contributed by atoms with Crippen LogP contribution in [0.5, 0.6) is 0 Å². The molecule has 0 aromatic rings. The van der Waals surface area contributed by atoms with E-state index in [1.165, 1.54) is 12.8 Å². The number of quaternary nitrogens is 1. The topological polar surface area (TPSA) is 111 Å². The second kappa shape index (κ2) is 35.7. The predicted octanol–water partition coefficient (Wildman–Crippen LogP) is 8.66. The van der Waals surface area contributed by atoms with Crippen LogP contribution in [0.4, 0.5) is 0 Å². The summed E-state index contributed by atoms with van der Waals surface area (Å²) in [7, 11) is 5.87. The summed E-state index contributed by atoms with van der Waals surface area (Å²) in [6.45, 7) is 4.47. The largest absolute Gasteiger partial charge is 0.545 e. The van der Waals surface area contributed by atoms with Crippen LogP contribution in [0.15, 0.2) is 72.9 Å². The summed E-state index contributed by atoms with van der Waals surface area (Å²) in [5.41, 5.74) is 0. The standard InChI is InChI=1S/C44H73NO8/c1-6-8-10-12-14-16-18-19-20-21-22-23-25-27-29-31-33-35-42(47)53-40(39-52-44(43(48)49)50-37-36-45(3,4)5)38-51-41(46)34-32-30-28-26-24-17-15-13-11-9-7-2/h8,10,13-16,19-20,22-23,27,29,40,44H,6-7,9,11-12,17-18,21,24-26,28,30-39H2,1-5H3/b10-8-,15-13-,16-14-,20-19-,23-22-,29-27-. The van der Waals surface area contributed by atoms with Crippen molar-refractivity contribution in [1.82, 2.24) is 0 Å². The highest BCUT2D eigenvalue weighted by molar-refractivity contribution is 5.70. The van der Waals surface area contributed by atoms with Gasteiger partial charge in [-0.05, 0) is 70.6 Å². The number of unbranched alkanes of at least 4 members (excludes halogenated alkanes) is 8. The van der Waals surface area contributed by atoms with Crippen LogP contribution >= 0.6 is 0 Å². The lowest BCUT2D eigenvalue weighted by molar-refractivity contribution is -0.870. The summed E-state index contributed by atoms with van der Waals surface area (Å²) in [6.07, 6.45) is 39.4. The molecule has 0 amide bonds. The zero-order chi connectivity index (χ0) is 39.3. The van der Waals surface area contributed by atoms with Gasteiger partial charge in [0, 0.05) is 12.8 Å². The van der Waals surface area contributed by atoms with Gasteiger partial charge in [0.15, 0.2) is 12.4 Å². The zero-order valence-corrected chi connectivity index (χ0v) is 33.9. The van der Waals surface area contributed by atoms with Crippen molar-refractivity contribution in [1.29, 1.82) is 0 Å². The lowest BCUT2D eigenvalue weighted by atomic mass is 10.1. The van der Waals surface area contributed by atoms with Crippen LogP contribution in [0.2, 0.25) is 0 Å². The summed E-state index contributed by atoms with van der Waals surface area (Å²) in [4.78, 5) is 36.8. The van der Waals surface area contributed by atoms with Gasteiger partial charge in [-0.15, -0.1) is 0 Å². The first-order valence-electron chi connectivity index (χ1n) is 20.1. The molecule has 9 heteroatoms. The third kappa shape index (κ3) is 36.9. The number of ether oxygens (including phenoxy) is 4. The number of rotatable bonds is 35. The van der Waals surface area contributed by atoms with Gasteiger partial charge in [0.2, 0.25) is 0 Å². The average Bonchev–Trinajstić information content (AvgIpc) is 3.11. The van der Waals surface area contributed by atoms with E-state index >= 15 is 0 Å². The summed E-state index contributed by atoms with van der Waals surface area (Å²) < 4.78 is 22.4. The Hall–Kier alpha value is -3.27. The summed E-state index contributed by atoms with van der Waals surface area (Å²) >= 11 is 0. The monoisotopic (exact) mass is 744 g/mol. The van der Waals surface area contributed by atoms with E-state index in [-0.39, 0.29) is 38.6 Å². The Morgan fingerprint density at radius 2 is 1.09 bits per heavy atom. The molecule has 0 N–H and O–H groups in total. The lowest BCUT2D eigenvalue weighted by Gasteiger charge is -2.26. The molecule has 0 aromatic carbocycles. The van der Waals surface area contributed by atoms with Gasteiger partial charge in [0.05, 0.1) is 40.3 Å². The maximum atomic E-state index is 12.7. The third-order valence-corrected chi connectivity index (χ3v) is 7.94. The second-order valence-corrected chi connectivity index (χ2v) is 14.2. The van der Waals surface area contributed by atoms with Crippen molar-refractivity contribution >= 4 is 17.9 Å². The van der Waals surface area contributed by atoms with E-state index in [2.05, 4.69) is 80.7 Å². The fourth-order valence-electron chi connectivity index (χ4n) is 4.78. The Labute approximate surface area is 322 Å². The van der Waals surface area contributed by atoms with Gasteiger partial charge in [-0.25, -0.2) is 0 Å². The summed E-state index contributed by atoms with van der Waals surface area (Å²) in [5, 5.41) is 11.6. The van der Waals surface area contributed by atoms with Crippen LogP contribution in [0, 0.1) is 0 Å². The summed E-state index contributed by atoms with van der Waals surface area (Å²) in [5.74, 6) is -2.39. The van der Waals surface area contributed by atoms with E-state index in [0.717, 1.165) is 77.0 Å². The van der Waals surface area contributed by atoms with Crippen LogP contribution in [0.25, 0.3) is 0 Å². The van der Waals surface area contributed by atoms with Gasteiger partial charge >= 0.3 is 11.9 Å². The molecule has 0 aliphatic rings. The fourth-order valence-corrected chi connectivity index (χ4v) is 4.78. The van der Waals surface area contributed by atoms with Gasteiger partial charge in [-0.3, -0.25) is 9.59 Å². The Morgan fingerprint density at radius 3 is 1.68 bits per heavy atom. The van der Waals surface area contributed by atoms with Crippen molar-refractivity contribution in [3.05, 3.63) is 72.9 Å². The molecule has 0 aromatic heterocycles. The van der Waals surface area contributed by atoms with E-state index in [1.54, 1.807) is 0 Å². The molecule has 0 heterocycles. The highest BCUT2D eigenvalue weighted by Gasteiger charge is 2.21. The quantitative estimate of drug-likeness (QED) is 0.0209. The van der Waals surface area contributed by atoms with Gasteiger partial charge in [-0.2, -0.15) is 0 Å². The zero-order valence-electron chi connectivity index (χ0n) is 33.9. The molecule has 0 bridgehead atoms. The molecular weight excluding hydrogens is 670 g/mol. The lowest BCUT2D eigenvalue weighted by Crippen LogP contribution is -2.44. The molecule has 0 rings (SSSR count). The number of allylic oxidation sites excluding steroid dienone is 12. The summed E-state index contributed by atoms with van der Waals surface area (Å²) in [6, 6.07) is 0. The van der Waals surface area contributed by atoms with Gasteiger partial charge in [0.1, 0.15) is 13.2 Å². The van der Waals surface area contributed by atoms with Crippen molar-refractivity contribution < 1.29 is 42.9 Å². The van der Waals surface area contributed by atoms with Gasteiger partial charge in [-0.1, -0.05) is 119 Å². The van der Waals surface area contributed by atoms with Crippen molar-refractivity contribution in [3.63, 3.8) is 0 Å². The number of esters is 2. The maximum Gasteiger partial charge on any atom is 0.306 e. The molecule has 0 fully saturated rings. The molecule has 0 saturated carbocycles. The molecule has 0 radical (unpaired) electrons. The van der Waals surface area contributed by atoms with E-state index in [4.69, 9.17) is 18.9 Å². The number of carboxylic acid groups (broad SMARTS) is 1. The van der Waals surface area contributed by atoms with E-state index in [9.17, 15) is 19.5 Å². The molecular formula is C44H73NO8. The fraction of sp³-hybridized carbons (Fsp3) is 0.659. The van der Waals surface area contributed by atoms with Crippen molar-refractivity contribution in [2.75, 3.05) is 47.5 Å². The molecule has 0 saturated heterocycles. The highest BCUT2D eigenvalue weighted by Crippen LogP contribution is 2.11. The minimum atomic E-state index is -1.64. The van der Waals surface area contributed by atoms with Crippen LogP contribution in [0.1, 0.15) is 129 Å². The Balaban J connectivity index is 4.64. The molecule has 9 nitrogen and oxygen atoms in total. The smallest absolute Gasteiger partial charge is 0.306 e. The molecule has 0 aliphatic heterocycles. The number of hydrogen-bond acceptors (Lipinski definition) is 8. The number of carboxylic acids is 1. The Morgan fingerprint density at radius 1 is 0.585 bits per heavy atom. The number of nitrogens with zero attached hydrogens (tertiary/aromatic N) is 1. The number of likely N-dealkylation sites (N-methyl/N-ethyl adjacent to an activating group) is 1. The van der Waals surface area contributed by atoms with Crippen LogP contribution in [0.3, 0.4) is 0 Å². The van der Waals surface area contributed by atoms with Gasteiger partial charge in [0.25, 0.3) is 0 Å². The van der Waals surface area contributed by atoms with Crippen molar-refractivity contribution in [2.45, 2.75) is 142 Å². The highest BCUT2D eigenvalue weighted by atomic mass is 16.7. The van der Waals surface area contributed by atoms with Crippen molar-refractivity contribution in [2.24, 2.45) is 0 Å². The number of aliphatic carboxylic acids is 1. The number of carbonyl (C=O) groups excluding carboxylic acids is 3. The Kier molecular flexibility index (Phi) is 33.5. The minimum absolute atomic E-state index is 0.132. The first kappa shape index (κ1) is 49.7. The normalized spacial score (nSPS) is 13.8. The minimum Gasteiger partial charge on any atom is -0.545 e. The van der Waals surface area contributed by atoms with Crippen molar-refractivity contribution in [3.8, 4) is 0 Å². The molecule has 2 atom stereocenters. The average molecular weight is 744 g/mol. The Bertz CT molecular complexity index is 1100. The molecule has 2 unspecified atom stereocenters. The van der Waals surface area contributed by atoms with Crippen LogP contribution in [-0.2, 0) is 33.3 Å². The third-order valence-electron chi connectivity index (χ3n) is 7.94. The first-order valence-corrected chi connectivity index (χ1v) is 20.1. The molecule has 0 spiro atoms. The van der Waals surface area contributed by atoms with Crippen LogP contribution in [-0.4, -0.2) is 82.3 Å². The van der Waals surface area contributed by atoms with E-state index in [0.29, 0.717) is 23.9 Å². The predicted molar refractivity (Wildman–Crippen MR) is 214 cm³/mol. The molecule has 302 valence electrons. The SMILES string of the molecule is CC/C=C\C/C=C\C/C=C\C/C=C\C/C=C\CCCC(=O)OC(COC(=O)CCCCCCC/C=C\CCCC)COC(OCC[N+](C)(C)C)C(=O)[O-]. The second-order valence-electron chi connectivity index (χ2n) is 14.2. The first-order chi connectivity index (χ1) is 25.6. The van der Waals surface area contributed by atoms with Crippen LogP contribution < -0.4 is 5.11 Å². The number of carbonyl (C=O) groups is 3. The van der Waals surface area contributed by atoms with E-state index in [1.807, 2.05) is 27.2 Å². The number of hydrogen-bond donors (Lipinski definition) is 0. The van der Waals surface area contributed by atoms with E-state index < -0.39 is 24.3 Å². The maximum absolute atomic E-state index is 12.7. The molecule has 0 aliphatic carbocycles. The van der Waals surface area contributed by atoms with Gasteiger partial charge < -0.3 is 33.3 Å². The molecule has 53 heavy (non-hydrogen) atoms.